The van der Waals surface area contributed by atoms with Gasteiger partial charge in [-0.2, -0.15) is 0 Å². The van der Waals surface area contributed by atoms with Gasteiger partial charge in [0.15, 0.2) is 0 Å². The highest BCUT2D eigenvalue weighted by Gasteiger charge is 2.03. The number of hydrogen-bond donors (Lipinski definition) is 3. The van der Waals surface area contributed by atoms with Crippen LogP contribution in [0, 0.1) is 0 Å². The van der Waals surface area contributed by atoms with Gasteiger partial charge in [-0.05, 0) is 43.4 Å². The van der Waals surface area contributed by atoms with Gasteiger partial charge in [-0.15, -0.1) is 0 Å². The molecule has 0 aromatic heterocycles. The number of aromatic hydroxyl groups is 2. The van der Waals surface area contributed by atoms with Gasteiger partial charge in [0.05, 0.1) is 6.10 Å². The number of phenols is 2. The largest absolute Gasteiger partial charge is 0.508 e. The molecule has 0 fully saturated rings. The molecular weight excluding hydrogens is 324 g/mol. The summed E-state index contributed by atoms with van der Waals surface area (Å²) < 4.78 is 0. The number of benzene rings is 1. The predicted molar refractivity (Wildman–Crippen MR) is 110 cm³/mol. The molecular formula is C23H40O3. The molecule has 0 aliphatic carbocycles. The second-order valence-electron chi connectivity index (χ2n) is 7.73. The molecule has 150 valence electrons. The summed E-state index contributed by atoms with van der Waals surface area (Å²) in [7, 11) is 0. The van der Waals surface area contributed by atoms with Gasteiger partial charge in [0.2, 0.25) is 0 Å². The van der Waals surface area contributed by atoms with Crippen molar-refractivity contribution in [3.8, 4) is 11.5 Å². The lowest BCUT2D eigenvalue weighted by Gasteiger charge is -2.09. The molecule has 0 saturated carbocycles. The average Bonchev–Trinajstić information content (AvgIpc) is 2.59. The molecule has 0 bridgehead atoms. The van der Waals surface area contributed by atoms with Crippen molar-refractivity contribution in [2.24, 2.45) is 0 Å². The monoisotopic (exact) mass is 364 g/mol. The third-order valence-electron chi connectivity index (χ3n) is 5.11. The van der Waals surface area contributed by atoms with Gasteiger partial charge < -0.3 is 15.3 Å². The van der Waals surface area contributed by atoms with Gasteiger partial charge in [0.25, 0.3) is 0 Å². The van der Waals surface area contributed by atoms with Crippen molar-refractivity contribution >= 4 is 0 Å². The fraction of sp³-hybridized carbons (Fsp3) is 0.739. The molecule has 0 saturated heterocycles. The Labute approximate surface area is 160 Å². The van der Waals surface area contributed by atoms with E-state index >= 15 is 0 Å². The van der Waals surface area contributed by atoms with Crippen LogP contribution in [0.2, 0.25) is 0 Å². The van der Waals surface area contributed by atoms with Crippen LogP contribution in [0.25, 0.3) is 0 Å². The lowest BCUT2D eigenvalue weighted by Crippen LogP contribution is -2.05. The summed E-state index contributed by atoms with van der Waals surface area (Å²) in [6.45, 7) is 2.20. The first-order valence-electron chi connectivity index (χ1n) is 10.8. The molecule has 3 heteroatoms. The van der Waals surface area contributed by atoms with Gasteiger partial charge in [-0.25, -0.2) is 0 Å². The molecule has 0 aliphatic heterocycles. The molecule has 1 unspecified atom stereocenters. The van der Waals surface area contributed by atoms with Crippen LogP contribution >= 0.6 is 0 Å². The maximum atomic E-state index is 9.88. The Hall–Kier alpha value is -1.22. The molecule has 26 heavy (non-hydrogen) atoms. The van der Waals surface area contributed by atoms with Gasteiger partial charge in [0, 0.05) is 6.07 Å². The minimum Gasteiger partial charge on any atom is -0.508 e. The van der Waals surface area contributed by atoms with Crippen LogP contribution < -0.4 is 0 Å². The summed E-state index contributed by atoms with van der Waals surface area (Å²) in [6.07, 6.45) is 17.7. The topological polar surface area (TPSA) is 60.7 Å². The molecule has 1 atom stereocenters. The van der Waals surface area contributed by atoms with E-state index in [1.807, 2.05) is 0 Å². The van der Waals surface area contributed by atoms with E-state index < -0.39 is 0 Å². The summed E-state index contributed by atoms with van der Waals surface area (Å²) >= 11 is 0. The number of aliphatic hydroxyl groups excluding tert-OH is 1. The Balaban J connectivity index is 1.86. The first-order valence-corrected chi connectivity index (χ1v) is 10.8. The molecule has 0 radical (unpaired) electrons. The summed E-state index contributed by atoms with van der Waals surface area (Å²) in [5.41, 5.74) is 1.01. The fourth-order valence-corrected chi connectivity index (χ4v) is 3.52. The van der Waals surface area contributed by atoms with E-state index in [9.17, 15) is 15.3 Å². The molecule has 0 heterocycles. The number of aliphatic hydroxyl groups is 1. The van der Waals surface area contributed by atoms with Crippen LogP contribution in [-0.2, 0) is 6.42 Å². The van der Waals surface area contributed by atoms with Crippen molar-refractivity contribution in [1.29, 1.82) is 0 Å². The molecule has 1 rings (SSSR count). The Morgan fingerprint density at radius 1 is 0.654 bits per heavy atom. The van der Waals surface area contributed by atoms with Crippen LogP contribution in [0.3, 0.4) is 0 Å². The van der Waals surface area contributed by atoms with Gasteiger partial charge >= 0.3 is 0 Å². The third-order valence-corrected chi connectivity index (χ3v) is 5.11. The first-order chi connectivity index (χ1) is 12.6. The first kappa shape index (κ1) is 22.8. The van der Waals surface area contributed by atoms with E-state index in [0.717, 1.165) is 31.2 Å². The van der Waals surface area contributed by atoms with Crippen LogP contribution in [0.1, 0.15) is 102 Å². The van der Waals surface area contributed by atoms with Crippen LogP contribution in [0.5, 0.6) is 11.5 Å². The fourth-order valence-electron chi connectivity index (χ4n) is 3.52. The number of phenolic OH excluding ortho intramolecular Hbond substituents is 2. The minimum absolute atomic E-state index is 0.0741. The third kappa shape index (κ3) is 12.2. The smallest absolute Gasteiger partial charge is 0.119 e. The number of rotatable bonds is 16. The van der Waals surface area contributed by atoms with Crippen LogP contribution in [0.15, 0.2) is 18.2 Å². The molecule has 3 nitrogen and oxygen atoms in total. The van der Waals surface area contributed by atoms with Gasteiger partial charge in [0.1, 0.15) is 11.5 Å². The number of unbranched alkanes of at least 4 members (excludes halogenated alkanes) is 10. The second kappa shape index (κ2) is 14.9. The zero-order valence-corrected chi connectivity index (χ0v) is 16.8. The predicted octanol–water partition coefficient (Wildman–Crippen LogP) is 6.48. The zero-order chi connectivity index (χ0) is 19.0. The average molecular weight is 365 g/mol. The van der Waals surface area contributed by atoms with Gasteiger partial charge in [-0.3, -0.25) is 0 Å². The van der Waals surface area contributed by atoms with Crippen LogP contribution in [0.4, 0.5) is 0 Å². The molecule has 0 amide bonds. The Bertz CT molecular complexity index is 439. The Morgan fingerprint density at radius 3 is 1.65 bits per heavy atom. The zero-order valence-electron chi connectivity index (χ0n) is 16.8. The Kier molecular flexibility index (Phi) is 13.1. The van der Waals surface area contributed by atoms with Crippen molar-refractivity contribution in [1.82, 2.24) is 0 Å². The quantitative estimate of drug-likeness (QED) is 0.294. The highest BCUT2D eigenvalue weighted by molar-refractivity contribution is 5.36. The molecule has 0 aliphatic rings. The number of aryl methyl sites for hydroxylation is 1. The van der Waals surface area contributed by atoms with E-state index in [0.29, 0.717) is 0 Å². The molecule has 0 spiro atoms. The normalized spacial score (nSPS) is 12.4. The lowest BCUT2D eigenvalue weighted by atomic mass is 10.0. The summed E-state index contributed by atoms with van der Waals surface area (Å²) in [5, 5.41) is 28.8. The summed E-state index contributed by atoms with van der Waals surface area (Å²) in [4.78, 5) is 0. The number of hydrogen-bond acceptors (Lipinski definition) is 3. The van der Waals surface area contributed by atoms with Crippen molar-refractivity contribution in [3.63, 3.8) is 0 Å². The lowest BCUT2D eigenvalue weighted by molar-refractivity contribution is 0.147. The molecule has 1 aromatic carbocycles. The van der Waals surface area contributed by atoms with Crippen LogP contribution in [-0.4, -0.2) is 21.4 Å². The standard InChI is InChI=1S/C23H40O3/c1-2-3-11-15-21(24)16-13-10-8-6-4-5-7-9-12-14-20-17-22(25)19-23(26)18-20/h17-19,21,24-26H,2-16H2,1H3. The van der Waals surface area contributed by atoms with E-state index in [2.05, 4.69) is 6.92 Å². The molecule has 3 N–H and O–H groups in total. The minimum atomic E-state index is -0.0741. The van der Waals surface area contributed by atoms with Crippen molar-refractivity contribution in [2.45, 2.75) is 109 Å². The Morgan fingerprint density at radius 2 is 1.12 bits per heavy atom. The maximum absolute atomic E-state index is 9.88. The van der Waals surface area contributed by atoms with E-state index in [1.54, 1.807) is 12.1 Å². The molecule has 1 aromatic rings. The summed E-state index contributed by atoms with van der Waals surface area (Å²) in [6, 6.07) is 4.84. The highest BCUT2D eigenvalue weighted by atomic mass is 16.3. The van der Waals surface area contributed by atoms with Crippen molar-refractivity contribution < 1.29 is 15.3 Å². The SMILES string of the molecule is CCCCCC(O)CCCCCCCCCCCc1cc(O)cc(O)c1. The second-order valence-corrected chi connectivity index (χ2v) is 7.73. The summed E-state index contributed by atoms with van der Waals surface area (Å²) in [5.74, 6) is 0.293. The van der Waals surface area contributed by atoms with Crippen molar-refractivity contribution in [3.05, 3.63) is 23.8 Å². The maximum Gasteiger partial charge on any atom is 0.119 e. The van der Waals surface area contributed by atoms with E-state index in [-0.39, 0.29) is 17.6 Å². The highest BCUT2D eigenvalue weighted by Crippen LogP contribution is 2.22. The van der Waals surface area contributed by atoms with Crippen molar-refractivity contribution in [2.75, 3.05) is 0 Å². The van der Waals surface area contributed by atoms with Gasteiger partial charge in [-0.1, -0.05) is 77.6 Å². The van der Waals surface area contributed by atoms with E-state index in [1.165, 1.54) is 76.7 Å². The van der Waals surface area contributed by atoms with E-state index in [4.69, 9.17) is 0 Å².